The molecule has 2 fully saturated rings. The number of carbonyl (C=O) groups is 2. The number of hydrogen-bond donors (Lipinski definition) is 0. The summed E-state index contributed by atoms with van der Waals surface area (Å²) in [5.74, 6) is -0.497. The van der Waals surface area contributed by atoms with Crippen molar-refractivity contribution in [2.45, 2.75) is 31.6 Å². The Morgan fingerprint density at radius 3 is 2.37 bits per heavy atom. The number of piperazine rings is 1. The van der Waals surface area contributed by atoms with Crippen LogP contribution in [-0.4, -0.2) is 86.8 Å². The Hall–Kier alpha value is -1.97. The van der Waals surface area contributed by atoms with Crippen molar-refractivity contribution in [1.29, 1.82) is 0 Å². The largest absolute Gasteiger partial charge is 0.466 e. The van der Waals surface area contributed by atoms with Crippen molar-refractivity contribution in [3.63, 3.8) is 0 Å². The van der Waals surface area contributed by atoms with Crippen LogP contribution in [0.5, 0.6) is 0 Å². The molecule has 2 aliphatic rings. The average Bonchev–Trinajstić information content (AvgIpc) is 2.74. The second kappa shape index (κ2) is 9.89. The number of esters is 1. The van der Waals surface area contributed by atoms with Gasteiger partial charge in [0.2, 0.25) is 15.9 Å². The summed E-state index contributed by atoms with van der Waals surface area (Å²) in [5.41, 5.74) is 1.01. The third-order valence-corrected chi connectivity index (χ3v) is 7.66. The number of amides is 1. The van der Waals surface area contributed by atoms with E-state index >= 15 is 0 Å². The highest BCUT2D eigenvalue weighted by Crippen LogP contribution is 2.20. The molecule has 0 saturated carbocycles. The molecule has 0 bridgehead atoms. The predicted octanol–water partition coefficient (Wildman–Crippen LogP) is 1.10. The molecule has 8 nitrogen and oxygen atoms in total. The molecule has 30 heavy (non-hydrogen) atoms. The number of likely N-dealkylation sites (tertiary alicyclic amines) is 1. The van der Waals surface area contributed by atoms with Gasteiger partial charge in [0.25, 0.3) is 0 Å². The number of ether oxygens (including phenoxy) is 1. The van der Waals surface area contributed by atoms with Gasteiger partial charge in [0.05, 0.1) is 24.0 Å². The highest BCUT2D eigenvalue weighted by Gasteiger charge is 2.32. The van der Waals surface area contributed by atoms with Crippen LogP contribution in [0.3, 0.4) is 0 Å². The maximum absolute atomic E-state index is 12.8. The molecule has 0 spiro atoms. The minimum absolute atomic E-state index is 0.0150. The minimum Gasteiger partial charge on any atom is -0.466 e. The SMILES string of the molecule is CCOC(=O)[C@H]1CCCN(C(=O)CN2CCN(S(=O)(=O)c3ccc(C)cc3)CC2)C1. The second-order valence-electron chi connectivity index (χ2n) is 7.92. The maximum atomic E-state index is 12.8. The molecule has 0 aliphatic carbocycles. The van der Waals surface area contributed by atoms with Crippen molar-refractivity contribution >= 4 is 21.9 Å². The van der Waals surface area contributed by atoms with Crippen LogP contribution in [0.2, 0.25) is 0 Å². The number of aryl methyl sites for hydroxylation is 1. The van der Waals surface area contributed by atoms with Crippen LogP contribution < -0.4 is 0 Å². The zero-order chi connectivity index (χ0) is 21.7. The molecule has 1 amide bonds. The lowest BCUT2D eigenvalue weighted by atomic mass is 9.98. The van der Waals surface area contributed by atoms with E-state index in [0.717, 1.165) is 18.4 Å². The normalized spacial score (nSPS) is 21.4. The molecule has 0 aromatic heterocycles. The molecule has 0 radical (unpaired) electrons. The van der Waals surface area contributed by atoms with E-state index in [2.05, 4.69) is 0 Å². The van der Waals surface area contributed by atoms with Gasteiger partial charge in [0.15, 0.2) is 0 Å². The van der Waals surface area contributed by atoms with Gasteiger partial charge in [-0.3, -0.25) is 14.5 Å². The van der Waals surface area contributed by atoms with Crippen molar-refractivity contribution in [2.75, 3.05) is 52.4 Å². The molecule has 1 aromatic rings. The summed E-state index contributed by atoms with van der Waals surface area (Å²) < 4.78 is 32.2. The molecule has 9 heteroatoms. The number of piperidine rings is 1. The van der Waals surface area contributed by atoms with Gasteiger partial charge in [-0.05, 0) is 38.8 Å². The first-order chi connectivity index (χ1) is 14.3. The highest BCUT2D eigenvalue weighted by molar-refractivity contribution is 7.89. The van der Waals surface area contributed by atoms with Crippen LogP contribution in [0.4, 0.5) is 0 Å². The van der Waals surface area contributed by atoms with Crippen LogP contribution in [0.1, 0.15) is 25.3 Å². The maximum Gasteiger partial charge on any atom is 0.310 e. The zero-order valence-corrected chi connectivity index (χ0v) is 18.6. The number of carbonyl (C=O) groups excluding carboxylic acids is 2. The minimum atomic E-state index is -3.51. The van der Waals surface area contributed by atoms with Gasteiger partial charge < -0.3 is 9.64 Å². The van der Waals surface area contributed by atoms with E-state index in [4.69, 9.17) is 4.74 Å². The van der Waals surface area contributed by atoms with Gasteiger partial charge in [-0.25, -0.2) is 8.42 Å². The predicted molar refractivity (Wildman–Crippen MR) is 112 cm³/mol. The molecule has 2 saturated heterocycles. The van der Waals surface area contributed by atoms with E-state index in [1.54, 1.807) is 36.1 Å². The lowest BCUT2D eigenvalue weighted by molar-refractivity contribution is -0.151. The molecule has 2 heterocycles. The third kappa shape index (κ3) is 5.39. The van der Waals surface area contributed by atoms with E-state index in [0.29, 0.717) is 50.8 Å². The lowest BCUT2D eigenvalue weighted by Crippen LogP contribution is -2.52. The molecular weight excluding hydrogens is 406 g/mol. The van der Waals surface area contributed by atoms with Gasteiger partial charge in [-0.2, -0.15) is 4.31 Å². The number of sulfonamides is 1. The Bertz CT molecular complexity index is 848. The first-order valence-corrected chi connectivity index (χ1v) is 12.0. The summed E-state index contributed by atoms with van der Waals surface area (Å²) >= 11 is 0. The van der Waals surface area contributed by atoms with Crippen molar-refractivity contribution in [3.8, 4) is 0 Å². The standard InChI is InChI=1S/C21H31N3O5S/c1-3-29-21(26)18-5-4-10-23(15-18)20(25)16-22-11-13-24(14-12-22)30(27,28)19-8-6-17(2)7-9-19/h6-9,18H,3-5,10-16H2,1-2H3/t18-/m0/s1. The third-order valence-electron chi connectivity index (χ3n) is 5.74. The Morgan fingerprint density at radius 2 is 1.73 bits per heavy atom. The second-order valence-corrected chi connectivity index (χ2v) is 9.86. The molecule has 166 valence electrons. The summed E-state index contributed by atoms with van der Waals surface area (Å²) in [5, 5.41) is 0. The van der Waals surface area contributed by atoms with Crippen molar-refractivity contribution in [3.05, 3.63) is 29.8 Å². The zero-order valence-electron chi connectivity index (χ0n) is 17.7. The van der Waals surface area contributed by atoms with Gasteiger partial charge in [0, 0.05) is 39.3 Å². The molecule has 0 unspecified atom stereocenters. The highest BCUT2D eigenvalue weighted by atomic mass is 32.2. The number of rotatable bonds is 6. The van der Waals surface area contributed by atoms with E-state index in [1.165, 1.54) is 4.31 Å². The first-order valence-electron chi connectivity index (χ1n) is 10.5. The quantitative estimate of drug-likeness (QED) is 0.620. The van der Waals surface area contributed by atoms with Crippen molar-refractivity contribution in [2.24, 2.45) is 5.92 Å². The Morgan fingerprint density at radius 1 is 1.07 bits per heavy atom. The fraction of sp³-hybridized carbons (Fsp3) is 0.619. The van der Waals surface area contributed by atoms with Gasteiger partial charge >= 0.3 is 5.97 Å². The van der Waals surface area contributed by atoms with Gasteiger partial charge in [-0.15, -0.1) is 0 Å². The first kappa shape index (κ1) is 22.7. The van der Waals surface area contributed by atoms with Crippen molar-refractivity contribution in [1.82, 2.24) is 14.1 Å². The smallest absolute Gasteiger partial charge is 0.310 e. The molecule has 1 aromatic carbocycles. The van der Waals surface area contributed by atoms with Crippen LogP contribution >= 0.6 is 0 Å². The van der Waals surface area contributed by atoms with Crippen LogP contribution in [0.15, 0.2) is 29.2 Å². The van der Waals surface area contributed by atoms with E-state index in [1.807, 2.05) is 11.8 Å². The Balaban J connectivity index is 1.51. The van der Waals surface area contributed by atoms with E-state index in [9.17, 15) is 18.0 Å². The summed E-state index contributed by atoms with van der Waals surface area (Å²) in [6.07, 6.45) is 1.54. The van der Waals surface area contributed by atoms with E-state index < -0.39 is 10.0 Å². The summed E-state index contributed by atoms with van der Waals surface area (Å²) in [7, 11) is -3.51. The van der Waals surface area contributed by atoms with Crippen molar-refractivity contribution < 1.29 is 22.7 Å². The molecule has 3 rings (SSSR count). The Labute approximate surface area is 178 Å². The molecule has 0 N–H and O–H groups in total. The fourth-order valence-electron chi connectivity index (χ4n) is 3.93. The van der Waals surface area contributed by atoms with Gasteiger partial charge in [-0.1, -0.05) is 17.7 Å². The molecule has 2 aliphatic heterocycles. The molecule has 1 atom stereocenters. The monoisotopic (exact) mass is 437 g/mol. The number of benzene rings is 1. The molecular formula is C21H31N3O5S. The van der Waals surface area contributed by atoms with E-state index in [-0.39, 0.29) is 24.3 Å². The van der Waals surface area contributed by atoms with Crippen LogP contribution in [0.25, 0.3) is 0 Å². The Kier molecular flexibility index (Phi) is 7.49. The average molecular weight is 438 g/mol. The fourth-order valence-corrected chi connectivity index (χ4v) is 5.36. The number of nitrogens with zero attached hydrogens (tertiary/aromatic N) is 3. The van der Waals surface area contributed by atoms with Crippen LogP contribution in [-0.2, 0) is 24.3 Å². The lowest BCUT2D eigenvalue weighted by Gasteiger charge is -2.36. The summed E-state index contributed by atoms with van der Waals surface area (Å²) in [6, 6.07) is 6.86. The topological polar surface area (TPSA) is 87.2 Å². The number of hydrogen-bond acceptors (Lipinski definition) is 6. The summed E-state index contributed by atoms with van der Waals surface area (Å²) in [4.78, 5) is 28.7. The van der Waals surface area contributed by atoms with Gasteiger partial charge in [0.1, 0.15) is 0 Å². The van der Waals surface area contributed by atoms with Crippen LogP contribution in [0, 0.1) is 12.8 Å². The summed E-state index contributed by atoms with van der Waals surface area (Å²) in [6.45, 7) is 7.07.